The molecule has 0 atom stereocenters. The first kappa shape index (κ1) is 20.7. The van der Waals surface area contributed by atoms with Crippen LogP contribution in [-0.4, -0.2) is 11.9 Å². The highest BCUT2D eigenvalue weighted by atomic mass is 35.5. The second kappa shape index (κ2) is 7.63. The lowest BCUT2D eigenvalue weighted by molar-refractivity contribution is -0.137. The molecule has 5 nitrogen and oxygen atoms in total. The molecule has 1 heterocycles. The Kier molecular flexibility index (Phi) is 5.10. The largest absolute Gasteiger partial charge is 0.417 e. The van der Waals surface area contributed by atoms with Crippen LogP contribution < -0.4 is 16.0 Å². The Morgan fingerprint density at radius 1 is 1.00 bits per heavy atom. The van der Waals surface area contributed by atoms with Crippen molar-refractivity contribution in [2.75, 3.05) is 4.90 Å². The molecule has 1 aliphatic rings. The molecule has 0 bridgehead atoms. The predicted molar refractivity (Wildman–Crippen MR) is 111 cm³/mol. The van der Waals surface area contributed by atoms with Gasteiger partial charge in [0, 0.05) is 12.1 Å². The second-order valence-electron chi connectivity index (χ2n) is 6.90. The lowest BCUT2D eigenvalue weighted by atomic mass is 9.96. The van der Waals surface area contributed by atoms with Crippen LogP contribution in [0.1, 0.15) is 21.5 Å². The number of rotatable bonds is 3. The number of carbonyl (C=O) groups excluding carboxylic acids is 2. The molecule has 9 heteroatoms. The first-order valence-corrected chi connectivity index (χ1v) is 9.51. The van der Waals surface area contributed by atoms with E-state index < -0.39 is 22.8 Å². The fourth-order valence-electron chi connectivity index (χ4n) is 3.59. The maximum atomic E-state index is 13.2. The summed E-state index contributed by atoms with van der Waals surface area (Å²) in [4.78, 5) is 24.9. The van der Waals surface area contributed by atoms with Crippen LogP contribution in [0.3, 0.4) is 0 Å². The molecule has 0 unspecified atom stereocenters. The van der Waals surface area contributed by atoms with E-state index in [1.807, 2.05) is 6.07 Å². The van der Waals surface area contributed by atoms with E-state index >= 15 is 0 Å². The van der Waals surface area contributed by atoms with Crippen molar-refractivity contribution in [2.45, 2.75) is 12.7 Å². The number of halogens is 4. The van der Waals surface area contributed by atoms with Gasteiger partial charge in [-0.15, -0.1) is 0 Å². The summed E-state index contributed by atoms with van der Waals surface area (Å²) in [5.74, 6) is -0.142. The number of fused-ring (bicyclic) bond motifs is 1. The fraction of sp³-hybridized carbons (Fsp3) is 0.0909. The summed E-state index contributed by atoms with van der Waals surface area (Å²) in [7, 11) is 0. The van der Waals surface area contributed by atoms with E-state index in [9.17, 15) is 22.8 Å². The number of alkyl halides is 3. The molecular formula is C22H15ClF3N3O2. The van der Waals surface area contributed by atoms with E-state index in [4.69, 9.17) is 17.3 Å². The normalized spacial score (nSPS) is 13.0. The highest BCUT2D eigenvalue weighted by Gasteiger charge is 2.34. The summed E-state index contributed by atoms with van der Waals surface area (Å²) in [6, 6.07) is 14.2. The number of carbonyl (C=O) groups is 2. The Bertz CT molecular complexity index is 1190. The molecule has 1 aliphatic heterocycles. The Morgan fingerprint density at radius 2 is 1.65 bits per heavy atom. The van der Waals surface area contributed by atoms with Crippen molar-refractivity contribution in [3.8, 4) is 11.1 Å². The number of hydrogen-bond acceptors (Lipinski definition) is 2. The number of primary amides is 1. The lowest BCUT2D eigenvalue weighted by Gasteiger charge is -2.22. The summed E-state index contributed by atoms with van der Waals surface area (Å²) < 4.78 is 39.7. The summed E-state index contributed by atoms with van der Waals surface area (Å²) in [5, 5.41) is 2.30. The third-order valence-corrected chi connectivity index (χ3v) is 5.35. The molecule has 0 saturated carbocycles. The number of nitrogens with zero attached hydrogens (tertiary/aromatic N) is 1. The van der Waals surface area contributed by atoms with Gasteiger partial charge >= 0.3 is 12.2 Å². The zero-order valence-electron chi connectivity index (χ0n) is 15.8. The number of amides is 3. The topological polar surface area (TPSA) is 75.4 Å². The Labute approximate surface area is 180 Å². The Morgan fingerprint density at radius 3 is 2.29 bits per heavy atom. The molecule has 4 rings (SSSR count). The minimum absolute atomic E-state index is 0.0626. The van der Waals surface area contributed by atoms with Crippen LogP contribution in [0.2, 0.25) is 5.02 Å². The van der Waals surface area contributed by atoms with Crippen LogP contribution >= 0.6 is 11.6 Å². The molecule has 3 N–H and O–H groups in total. The van der Waals surface area contributed by atoms with E-state index in [1.165, 1.54) is 6.07 Å². The number of hydrogen-bond donors (Lipinski definition) is 2. The number of benzene rings is 3. The van der Waals surface area contributed by atoms with E-state index in [1.54, 1.807) is 36.4 Å². The molecule has 158 valence electrons. The van der Waals surface area contributed by atoms with Crippen LogP contribution in [-0.2, 0) is 12.7 Å². The van der Waals surface area contributed by atoms with Crippen molar-refractivity contribution in [3.63, 3.8) is 0 Å². The average Bonchev–Trinajstić information content (AvgIpc) is 3.10. The third kappa shape index (κ3) is 3.82. The van der Waals surface area contributed by atoms with Gasteiger partial charge in [-0.05, 0) is 53.1 Å². The van der Waals surface area contributed by atoms with Gasteiger partial charge < -0.3 is 11.1 Å². The molecule has 0 spiro atoms. The van der Waals surface area contributed by atoms with Crippen molar-refractivity contribution in [1.82, 2.24) is 5.32 Å². The van der Waals surface area contributed by atoms with Gasteiger partial charge in [-0.2, -0.15) is 13.2 Å². The van der Waals surface area contributed by atoms with Gasteiger partial charge in [0.05, 0.1) is 22.0 Å². The van der Waals surface area contributed by atoms with E-state index in [-0.39, 0.29) is 17.3 Å². The molecule has 0 aliphatic carbocycles. The number of nitrogens with two attached hydrogens (primary N) is 1. The van der Waals surface area contributed by atoms with Gasteiger partial charge in [0.15, 0.2) is 0 Å². The second-order valence-corrected chi connectivity index (χ2v) is 7.30. The van der Waals surface area contributed by atoms with Crippen LogP contribution in [0.25, 0.3) is 11.1 Å². The molecule has 0 aromatic heterocycles. The lowest BCUT2D eigenvalue weighted by Crippen LogP contribution is -2.31. The van der Waals surface area contributed by atoms with Gasteiger partial charge in [0.1, 0.15) is 0 Å². The molecule has 3 aromatic rings. The zero-order valence-corrected chi connectivity index (χ0v) is 16.6. The number of nitrogens with one attached hydrogen (secondary N) is 1. The summed E-state index contributed by atoms with van der Waals surface area (Å²) in [5.41, 5.74) is 7.71. The standard InChI is InChI=1S/C22H15ClF3N3O2/c23-19-9-8-14(10-18(19)22(24,25)26)29(21(27)31)13-6-4-12(5-7-13)15-2-1-3-16-17(15)11-28-20(16)30/h1-10H,11H2,(H2,27,31)(H,28,30). The first-order valence-electron chi connectivity index (χ1n) is 9.13. The van der Waals surface area contributed by atoms with Gasteiger partial charge in [-0.25, -0.2) is 4.79 Å². The molecule has 0 fully saturated rings. The van der Waals surface area contributed by atoms with Gasteiger partial charge in [-0.1, -0.05) is 35.9 Å². The van der Waals surface area contributed by atoms with Crippen LogP contribution in [0, 0.1) is 0 Å². The highest BCUT2D eigenvalue weighted by Crippen LogP contribution is 2.39. The molecule has 0 saturated heterocycles. The maximum absolute atomic E-state index is 13.2. The van der Waals surface area contributed by atoms with Crippen molar-refractivity contribution >= 4 is 34.9 Å². The minimum atomic E-state index is -4.68. The van der Waals surface area contributed by atoms with Crippen molar-refractivity contribution in [2.24, 2.45) is 5.73 Å². The molecule has 0 radical (unpaired) electrons. The fourth-order valence-corrected chi connectivity index (χ4v) is 3.81. The van der Waals surface area contributed by atoms with Crippen LogP contribution in [0.4, 0.5) is 29.3 Å². The van der Waals surface area contributed by atoms with E-state index in [0.717, 1.165) is 33.7 Å². The molecule has 3 aromatic carbocycles. The van der Waals surface area contributed by atoms with Gasteiger partial charge in [0.2, 0.25) is 0 Å². The quantitative estimate of drug-likeness (QED) is 0.559. The Hall–Kier alpha value is -3.52. The van der Waals surface area contributed by atoms with Gasteiger partial charge in [0.25, 0.3) is 5.91 Å². The summed E-state index contributed by atoms with van der Waals surface area (Å²) >= 11 is 5.67. The average molecular weight is 446 g/mol. The summed E-state index contributed by atoms with van der Waals surface area (Å²) in [6.07, 6.45) is -4.68. The molecule has 31 heavy (non-hydrogen) atoms. The van der Waals surface area contributed by atoms with Crippen molar-refractivity contribution in [1.29, 1.82) is 0 Å². The van der Waals surface area contributed by atoms with E-state index in [0.29, 0.717) is 12.1 Å². The minimum Gasteiger partial charge on any atom is -0.351 e. The molecular weight excluding hydrogens is 431 g/mol. The van der Waals surface area contributed by atoms with E-state index in [2.05, 4.69) is 5.32 Å². The summed E-state index contributed by atoms with van der Waals surface area (Å²) in [6.45, 7) is 0.407. The van der Waals surface area contributed by atoms with Crippen LogP contribution in [0.15, 0.2) is 60.7 Å². The maximum Gasteiger partial charge on any atom is 0.417 e. The Balaban J connectivity index is 1.73. The van der Waals surface area contributed by atoms with Gasteiger partial charge in [-0.3, -0.25) is 9.69 Å². The highest BCUT2D eigenvalue weighted by molar-refractivity contribution is 6.31. The SMILES string of the molecule is NC(=O)N(c1ccc(-c2cccc3c2CNC3=O)cc1)c1ccc(Cl)c(C(F)(F)F)c1. The number of anilines is 2. The molecule has 3 amide bonds. The third-order valence-electron chi connectivity index (χ3n) is 5.02. The zero-order chi connectivity index (χ0) is 22.3. The smallest absolute Gasteiger partial charge is 0.351 e. The van der Waals surface area contributed by atoms with Crippen LogP contribution in [0.5, 0.6) is 0 Å². The number of urea groups is 1. The van der Waals surface area contributed by atoms with Crippen molar-refractivity contribution in [3.05, 3.63) is 82.4 Å². The monoisotopic (exact) mass is 445 g/mol. The first-order chi connectivity index (χ1) is 14.7. The predicted octanol–water partition coefficient (Wildman–Crippen LogP) is 5.49. The van der Waals surface area contributed by atoms with Crippen molar-refractivity contribution < 1.29 is 22.8 Å².